The zero-order valence-electron chi connectivity index (χ0n) is 12.5. The monoisotopic (exact) mass is 323 g/mol. The standard InChI is InChI=1S/C17H14BNO3S/c1-11-5-7-23-17(11)16(20)12-4-6-19(9-12)14-3-2-13-10-22-18(21)15(13)8-14/h2-9,21H,10H2,1H3. The Balaban J connectivity index is 1.68. The fourth-order valence-corrected chi connectivity index (χ4v) is 3.68. The molecule has 0 radical (unpaired) electrons. The summed E-state index contributed by atoms with van der Waals surface area (Å²) in [6.07, 6.45) is 3.69. The number of carbonyl (C=O) groups excluding carboxylic acids is 1. The van der Waals surface area contributed by atoms with Gasteiger partial charge >= 0.3 is 7.12 Å². The van der Waals surface area contributed by atoms with E-state index < -0.39 is 7.12 Å². The van der Waals surface area contributed by atoms with Gasteiger partial charge in [-0.05, 0) is 53.2 Å². The predicted molar refractivity (Wildman–Crippen MR) is 90.7 cm³/mol. The van der Waals surface area contributed by atoms with Gasteiger partial charge in [-0.15, -0.1) is 11.3 Å². The predicted octanol–water partition coefficient (Wildman–Crippen LogP) is 2.30. The van der Waals surface area contributed by atoms with Crippen LogP contribution in [0.15, 0.2) is 48.1 Å². The molecule has 0 spiro atoms. The summed E-state index contributed by atoms with van der Waals surface area (Å²) in [5, 5.41) is 11.7. The van der Waals surface area contributed by atoms with Crippen molar-refractivity contribution in [3.8, 4) is 5.69 Å². The third-order valence-electron chi connectivity index (χ3n) is 4.11. The van der Waals surface area contributed by atoms with Crippen LogP contribution in [0.5, 0.6) is 0 Å². The second-order valence-electron chi connectivity index (χ2n) is 5.62. The van der Waals surface area contributed by atoms with E-state index in [-0.39, 0.29) is 5.78 Å². The Hall–Kier alpha value is -2.15. The minimum atomic E-state index is -0.865. The second kappa shape index (κ2) is 5.49. The van der Waals surface area contributed by atoms with E-state index in [2.05, 4.69) is 0 Å². The van der Waals surface area contributed by atoms with E-state index in [4.69, 9.17) is 4.65 Å². The normalized spacial score (nSPS) is 13.4. The summed E-state index contributed by atoms with van der Waals surface area (Å²) in [5.74, 6) is 0.0424. The molecule has 0 fully saturated rings. The first-order chi connectivity index (χ1) is 11.1. The number of hydrogen-bond donors (Lipinski definition) is 1. The Labute approximate surface area is 138 Å². The average Bonchev–Trinajstić information content (AvgIpc) is 3.27. The van der Waals surface area contributed by atoms with Gasteiger partial charge in [0, 0.05) is 23.6 Å². The number of aromatic nitrogens is 1. The molecule has 0 aliphatic carbocycles. The molecule has 1 aromatic carbocycles. The van der Waals surface area contributed by atoms with E-state index in [1.807, 2.05) is 59.6 Å². The van der Waals surface area contributed by atoms with Gasteiger partial charge in [-0.2, -0.15) is 0 Å². The smallest absolute Gasteiger partial charge is 0.423 e. The highest BCUT2D eigenvalue weighted by atomic mass is 32.1. The SMILES string of the molecule is Cc1ccsc1C(=O)c1ccn(-c2ccc3c(c2)B(O)OC3)c1. The molecule has 0 saturated heterocycles. The van der Waals surface area contributed by atoms with Gasteiger partial charge in [0.25, 0.3) is 0 Å². The summed E-state index contributed by atoms with van der Waals surface area (Å²) in [6, 6.07) is 9.59. The van der Waals surface area contributed by atoms with Crippen molar-refractivity contribution in [2.75, 3.05) is 0 Å². The molecule has 4 rings (SSSR count). The van der Waals surface area contributed by atoms with Crippen LogP contribution in [0.3, 0.4) is 0 Å². The van der Waals surface area contributed by atoms with Crippen molar-refractivity contribution in [3.05, 3.63) is 69.7 Å². The second-order valence-corrected chi connectivity index (χ2v) is 6.53. The van der Waals surface area contributed by atoms with Gasteiger partial charge in [-0.25, -0.2) is 0 Å². The van der Waals surface area contributed by atoms with Gasteiger partial charge in [0.15, 0.2) is 0 Å². The molecule has 1 aliphatic rings. The lowest BCUT2D eigenvalue weighted by Crippen LogP contribution is -2.28. The van der Waals surface area contributed by atoms with Crippen molar-refractivity contribution in [3.63, 3.8) is 0 Å². The Morgan fingerprint density at radius 2 is 2.22 bits per heavy atom. The Kier molecular flexibility index (Phi) is 3.45. The molecule has 0 amide bonds. The summed E-state index contributed by atoms with van der Waals surface area (Å²) >= 11 is 1.47. The largest absolute Gasteiger partial charge is 0.491 e. The topological polar surface area (TPSA) is 51.5 Å². The zero-order valence-corrected chi connectivity index (χ0v) is 13.3. The van der Waals surface area contributed by atoms with Crippen molar-refractivity contribution >= 4 is 29.7 Å². The van der Waals surface area contributed by atoms with Gasteiger partial charge in [-0.1, -0.05) is 6.07 Å². The van der Waals surface area contributed by atoms with Gasteiger partial charge in [0.2, 0.25) is 5.78 Å². The molecule has 0 atom stereocenters. The van der Waals surface area contributed by atoms with Crippen molar-refractivity contribution < 1.29 is 14.5 Å². The Morgan fingerprint density at radius 1 is 1.35 bits per heavy atom. The van der Waals surface area contributed by atoms with E-state index in [0.717, 1.165) is 27.2 Å². The van der Waals surface area contributed by atoms with Gasteiger partial charge in [0.1, 0.15) is 0 Å². The van der Waals surface area contributed by atoms with Crippen molar-refractivity contribution in [2.24, 2.45) is 0 Å². The van der Waals surface area contributed by atoms with E-state index in [1.165, 1.54) is 11.3 Å². The number of benzene rings is 1. The molecule has 3 heterocycles. The lowest BCUT2D eigenvalue weighted by atomic mass is 9.79. The summed E-state index contributed by atoms with van der Waals surface area (Å²) < 4.78 is 7.10. The van der Waals surface area contributed by atoms with Crippen LogP contribution in [0.1, 0.15) is 26.4 Å². The minimum Gasteiger partial charge on any atom is -0.423 e. The van der Waals surface area contributed by atoms with Crippen LogP contribution < -0.4 is 5.46 Å². The molecular weight excluding hydrogens is 309 g/mol. The molecule has 4 nitrogen and oxygen atoms in total. The molecule has 0 unspecified atom stereocenters. The molecule has 0 bridgehead atoms. The molecule has 3 aromatic rings. The van der Waals surface area contributed by atoms with E-state index in [9.17, 15) is 9.82 Å². The molecule has 1 aliphatic heterocycles. The molecule has 1 N–H and O–H groups in total. The van der Waals surface area contributed by atoms with Crippen LogP contribution >= 0.6 is 11.3 Å². The van der Waals surface area contributed by atoms with E-state index >= 15 is 0 Å². The highest BCUT2D eigenvalue weighted by Crippen LogP contribution is 2.21. The molecule has 6 heteroatoms. The highest BCUT2D eigenvalue weighted by Gasteiger charge is 2.27. The maximum atomic E-state index is 12.5. The fourth-order valence-electron chi connectivity index (χ4n) is 2.79. The molecule has 23 heavy (non-hydrogen) atoms. The molecule has 114 valence electrons. The number of hydrogen-bond acceptors (Lipinski definition) is 4. The summed E-state index contributed by atoms with van der Waals surface area (Å²) in [7, 11) is -0.865. The van der Waals surface area contributed by atoms with Crippen molar-refractivity contribution in [1.29, 1.82) is 0 Å². The number of carbonyl (C=O) groups is 1. The number of thiophene rings is 1. The average molecular weight is 323 g/mol. The number of rotatable bonds is 3. The third-order valence-corrected chi connectivity index (χ3v) is 5.13. The summed E-state index contributed by atoms with van der Waals surface area (Å²) in [5.41, 5.74) is 4.35. The number of ketones is 1. The lowest BCUT2D eigenvalue weighted by Gasteiger charge is -2.05. The number of aryl methyl sites for hydroxylation is 1. The van der Waals surface area contributed by atoms with Gasteiger partial charge in [-0.3, -0.25) is 4.79 Å². The molecule has 2 aromatic heterocycles. The number of nitrogens with zero attached hydrogens (tertiary/aromatic N) is 1. The first-order valence-corrected chi connectivity index (χ1v) is 8.21. The Morgan fingerprint density at radius 3 is 3.00 bits per heavy atom. The maximum Gasteiger partial charge on any atom is 0.491 e. The quantitative estimate of drug-likeness (QED) is 0.594. The van der Waals surface area contributed by atoms with E-state index in [1.54, 1.807) is 0 Å². The van der Waals surface area contributed by atoms with Crippen molar-refractivity contribution in [1.82, 2.24) is 4.57 Å². The molecular formula is C17H14BNO3S. The number of fused-ring (bicyclic) bond motifs is 1. The van der Waals surface area contributed by atoms with Crippen LogP contribution in [-0.2, 0) is 11.3 Å². The van der Waals surface area contributed by atoms with Crippen LogP contribution in [0, 0.1) is 6.92 Å². The third kappa shape index (κ3) is 2.45. The van der Waals surface area contributed by atoms with Gasteiger partial charge < -0.3 is 14.2 Å². The summed E-state index contributed by atoms with van der Waals surface area (Å²) in [6.45, 7) is 2.38. The first kappa shape index (κ1) is 14.4. The summed E-state index contributed by atoms with van der Waals surface area (Å²) in [4.78, 5) is 13.3. The zero-order chi connectivity index (χ0) is 16.0. The highest BCUT2D eigenvalue weighted by molar-refractivity contribution is 7.12. The minimum absolute atomic E-state index is 0.0424. The Bertz CT molecular complexity index is 899. The molecule has 0 saturated carbocycles. The van der Waals surface area contributed by atoms with Gasteiger partial charge in [0.05, 0.1) is 11.5 Å². The van der Waals surface area contributed by atoms with E-state index in [0.29, 0.717) is 12.2 Å². The maximum absolute atomic E-state index is 12.5. The first-order valence-electron chi connectivity index (χ1n) is 7.33. The fraction of sp³-hybridized carbons (Fsp3) is 0.118. The van der Waals surface area contributed by atoms with Crippen LogP contribution in [-0.4, -0.2) is 22.5 Å². The van der Waals surface area contributed by atoms with Crippen LogP contribution in [0.2, 0.25) is 0 Å². The van der Waals surface area contributed by atoms with Crippen LogP contribution in [0.25, 0.3) is 5.69 Å². The van der Waals surface area contributed by atoms with Crippen LogP contribution in [0.4, 0.5) is 0 Å². The van der Waals surface area contributed by atoms with Crippen molar-refractivity contribution in [2.45, 2.75) is 13.5 Å². The lowest BCUT2D eigenvalue weighted by molar-refractivity contribution is 0.104.